The Morgan fingerprint density at radius 2 is 1.94 bits per heavy atom. The minimum Gasteiger partial charge on any atom is -0.351 e. The van der Waals surface area contributed by atoms with Gasteiger partial charge < -0.3 is 5.32 Å². The number of nitrogens with zero attached hydrogens (tertiary/aromatic N) is 5. The zero-order valence-electron chi connectivity index (χ0n) is 17.2. The van der Waals surface area contributed by atoms with Crippen molar-refractivity contribution >= 4 is 28.6 Å². The topological polar surface area (TPSA) is 92.3 Å². The van der Waals surface area contributed by atoms with E-state index < -0.39 is 0 Å². The summed E-state index contributed by atoms with van der Waals surface area (Å²) < 4.78 is 0. The predicted octanol–water partition coefficient (Wildman–Crippen LogP) is 4.99. The summed E-state index contributed by atoms with van der Waals surface area (Å²) in [5, 5.41) is 12.5. The normalized spacial score (nSPS) is 14.7. The van der Waals surface area contributed by atoms with Crippen LogP contribution in [0.3, 0.4) is 0 Å². The molecule has 5 rings (SSSR count). The molecule has 1 aliphatic carbocycles. The fraction of sp³-hybridized carbons (Fsp3) is 0.348. The Balaban J connectivity index is 1.33. The number of aromatic nitrogens is 6. The highest BCUT2D eigenvalue weighted by Crippen LogP contribution is 2.25. The third-order valence-electron chi connectivity index (χ3n) is 5.74. The monoisotopic (exact) mass is 433 g/mol. The molecule has 0 amide bonds. The van der Waals surface area contributed by atoms with Gasteiger partial charge in [0, 0.05) is 29.9 Å². The quantitative estimate of drug-likeness (QED) is 0.445. The molecule has 1 saturated carbocycles. The fourth-order valence-electron chi connectivity index (χ4n) is 4.11. The summed E-state index contributed by atoms with van der Waals surface area (Å²) >= 11 is 6.08. The molecule has 0 aliphatic heterocycles. The van der Waals surface area contributed by atoms with Crippen LogP contribution in [0.1, 0.15) is 43.5 Å². The Bertz CT molecular complexity index is 1180. The summed E-state index contributed by atoms with van der Waals surface area (Å²) in [6.07, 6.45) is 11.3. The second-order valence-corrected chi connectivity index (χ2v) is 8.43. The van der Waals surface area contributed by atoms with Crippen LogP contribution >= 0.6 is 11.6 Å². The van der Waals surface area contributed by atoms with Crippen LogP contribution in [-0.2, 0) is 12.8 Å². The van der Waals surface area contributed by atoms with E-state index in [-0.39, 0.29) is 0 Å². The number of aromatic amines is 1. The molecular weight excluding hydrogens is 410 g/mol. The summed E-state index contributed by atoms with van der Waals surface area (Å²) in [5.74, 6) is 1.42. The third kappa shape index (κ3) is 4.66. The van der Waals surface area contributed by atoms with Crippen LogP contribution < -0.4 is 5.32 Å². The molecule has 1 aliphatic rings. The fourth-order valence-corrected chi connectivity index (χ4v) is 4.32. The first-order valence-corrected chi connectivity index (χ1v) is 11.2. The van der Waals surface area contributed by atoms with Crippen LogP contribution in [-0.4, -0.2) is 36.2 Å². The van der Waals surface area contributed by atoms with Crippen LogP contribution in [0.4, 0.5) is 5.95 Å². The SMILES string of the molecule is Clc1cccc(CCc2nccc(-c3[nH]nc4nc(NC5CCCCC5)ncc34)n2)c1. The van der Waals surface area contributed by atoms with Gasteiger partial charge in [-0.15, -0.1) is 0 Å². The van der Waals surface area contributed by atoms with E-state index >= 15 is 0 Å². The number of nitrogens with one attached hydrogen (secondary N) is 2. The molecule has 31 heavy (non-hydrogen) atoms. The van der Waals surface area contributed by atoms with E-state index in [1.54, 1.807) is 6.20 Å². The van der Waals surface area contributed by atoms with Crippen molar-refractivity contribution < 1.29 is 0 Å². The lowest BCUT2D eigenvalue weighted by Gasteiger charge is -2.22. The van der Waals surface area contributed by atoms with Crippen LogP contribution in [0.5, 0.6) is 0 Å². The number of fused-ring (bicyclic) bond motifs is 1. The minimum absolute atomic E-state index is 0.452. The molecule has 2 N–H and O–H groups in total. The van der Waals surface area contributed by atoms with Crippen molar-refractivity contribution in [2.75, 3.05) is 5.32 Å². The lowest BCUT2D eigenvalue weighted by atomic mass is 9.96. The molecule has 1 aromatic carbocycles. The number of hydrogen-bond acceptors (Lipinski definition) is 6. The standard InChI is InChI=1S/C23H24ClN7/c24-16-6-4-5-15(13-16)9-10-20-25-12-11-19(28-20)21-18-14-26-23(29-22(18)31-30-21)27-17-7-2-1-3-8-17/h4-6,11-14,17H,1-3,7-10H2,(H2,26,27,29,30,31). The summed E-state index contributed by atoms with van der Waals surface area (Å²) in [6, 6.07) is 10.2. The molecule has 3 aromatic heterocycles. The van der Waals surface area contributed by atoms with E-state index in [0.717, 1.165) is 40.5 Å². The summed E-state index contributed by atoms with van der Waals surface area (Å²) in [7, 11) is 0. The van der Waals surface area contributed by atoms with Crippen LogP contribution in [0.2, 0.25) is 5.02 Å². The van der Waals surface area contributed by atoms with Gasteiger partial charge in [0.25, 0.3) is 0 Å². The average molecular weight is 434 g/mol. The van der Waals surface area contributed by atoms with Crippen molar-refractivity contribution in [2.24, 2.45) is 0 Å². The van der Waals surface area contributed by atoms with E-state index in [0.29, 0.717) is 17.6 Å². The highest BCUT2D eigenvalue weighted by atomic mass is 35.5. The Hall–Kier alpha value is -3.06. The number of halogens is 1. The van der Waals surface area contributed by atoms with Gasteiger partial charge in [0.05, 0.1) is 16.8 Å². The molecule has 0 bridgehead atoms. The van der Waals surface area contributed by atoms with Gasteiger partial charge in [0.1, 0.15) is 5.82 Å². The predicted molar refractivity (Wildman–Crippen MR) is 122 cm³/mol. The molecule has 0 saturated heterocycles. The van der Waals surface area contributed by atoms with Crippen molar-refractivity contribution in [1.82, 2.24) is 30.1 Å². The maximum Gasteiger partial charge on any atom is 0.224 e. The Labute approximate surface area is 185 Å². The highest BCUT2D eigenvalue weighted by molar-refractivity contribution is 6.30. The number of H-pyrrole nitrogens is 1. The second kappa shape index (κ2) is 8.98. The molecule has 0 radical (unpaired) electrons. The van der Waals surface area contributed by atoms with Crippen molar-refractivity contribution in [3.05, 3.63) is 59.1 Å². The van der Waals surface area contributed by atoms with E-state index in [9.17, 15) is 0 Å². The largest absolute Gasteiger partial charge is 0.351 e. The van der Waals surface area contributed by atoms with Crippen molar-refractivity contribution in [3.63, 3.8) is 0 Å². The summed E-state index contributed by atoms with van der Waals surface area (Å²) in [4.78, 5) is 18.3. The van der Waals surface area contributed by atoms with Crippen molar-refractivity contribution in [2.45, 2.75) is 51.0 Å². The number of anilines is 1. The molecular formula is C23H24ClN7. The summed E-state index contributed by atoms with van der Waals surface area (Å²) in [6.45, 7) is 0. The number of hydrogen-bond donors (Lipinski definition) is 2. The Morgan fingerprint density at radius 3 is 2.81 bits per heavy atom. The molecule has 0 unspecified atom stereocenters. The lowest BCUT2D eigenvalue weighted by molar-refractivity contribution is 0.461. The van der Waals surface area contributed by atoms with Crippen LogP contribution in [0, 0.1) is 0 Å². The Morgan fingerprint density at radius 1 is 1.03 bits per heavy atom. The molecule has 1 fully saturated rings. The van der Waals surface area contributed by atoms with E-state index in [1.165, 1.54) is 37.7 Å². The van der Waals surface area contributed by atoms with Crippen LogP contribution in [0.15, 0.2) is 42.7 Å². The third-order valence-corrected chi connectivity index (χ3v) is 5.97. The first-order chi connectivity index (χ1) is 15.2. The van der Waals surface area contributed by atoms with Gasteiger partial charge in [-0.3, -0.25) is 5.10 Å². The molecule has 8 heteroatoms. The highest BCUT2D eigenvalue weighted by Gasteiger charge is 2.16. The van der Waals surface area contributed by atoms with E-state index in [1.807, 2.05) is 30.5 Å². The first-order valence-electron chi connectivity index (χ1n) is 10.8. The molecule has 0 atom stereocenters. The smallest absolute Gasteiger partial charge is 0.224 e. The van der Waals surface area contributed by atoms with Crippen molar-refractivity contribution in [1.29, 1.82) is 0 Å². The Kier molecular flexibility index (Phi) is 5.76. The van der Waals surface area contributed by atoms with Crippen LogP contribution in [0.25, 0.3) is 22.4 Å². The van der Waals surface area contributed by atoms with Gasteiger partial charge in [0.2, 0.25) is 5.95 Å². The second-order valence-electron chi connectivity index (χ2n) is 8.00. The lowest BCUT2D eigenvalue weighted by Crippen LogP contribution is -2.23. The van der Waals surface area contributed by atoms with Gasteiger partial charge >= 0.3 is 0 Å². The van der Waals surface area contributed by atoms with E-state index in [2.05, 4.69) is 36.5 Å². The van der Waals surface area contributed by atoms with Gasteiger partial charge in [-0.2, -0.15) is 10.1 Å². The first kappa shape index (κ1) is 19.9. The van der Waals surface area contributed by atoms with Gasteiger partial charge in [-0.1, -0.05) is 43.0 Å². The number of benzene rings is 1. The van der Waals surface area contributed by atoms with Crippen molar-refractivity contribution in [3.8, 4) is 11.4 Å². The zero-order chi connectivity index (χ0) is 21.0. The maximum absolute atomic E-state index is 6.08. The van der Waals surface area contributed by atoms with Gasteiger partial charge in [-0.05, 0) is 43.0 Å². The summed E-state index contributed by atoms with van der Waals surface area (Å²) in [5.41, 5.74) is 3.41. The molecule has 7 nitrogen and oxygen atoms in total. The van der Waals surface area contributed by atoms with E-state index in [4.69, 9.17) is 16.6 Å². The molecule has 158 valence electrons. The number of rotatable bonds is 6. The average Bonchev–Trinajstić information content (AvgIpc) is 3.22. The molecule has 0 spiro atoms. The molecule has 4 aromatic rings. The maximum atomic E-state index is 6.08. The molecule has 3 heterocycles. The van der Waals surface area contributed by atoms with Gasteiger partial charge in [0.15, 0.2) is 5.65 Å². The van der Waals surface area contributed by atoms with Gasteiger partial charge in [-0.25, -0.2) is 15.0 Å². The minimum atomic E-state index is 0.452. The zero-order valence-corrected chi connectivity index (χ0v) is 17.9. The number of aryl methyl sites for hydroxylation is 2.